The van der Waals surface area contributed by atoms with Crippen LogP contribution < -0.4 is 14.8 Å². The van der Waals surface area contributed by atoms with E-state index < -0.39 is 6.10 Å². The molecule has 0 heterocycles. The average molecular weight is 334 g/mol. The molecule has 122 valence electrons. The molecule has 1 N–H and O–H groups in total. The van der Waals surface area contributed by atoms with E-state index >= 15 is 0 Å². The minimum atomic E-state index is -0.567. The molecule has 2 rings (SSSR count). The van der Waals surface area contributed by atoms with Crippen molar-refractivity contribution in [3.8, 4) is 11.5 Å². The largest absolute Gasteiger partial charge is 0.494 e. The molecule has 1 unspecified atom stereocenters. The van der Waals surface area contributed by atoms with Crippen molar-refractivity contribution in [3.63, 3.8) is 0 Å². The standard InChI is InChI=1S/C18H20ClNO3/c1-3-17(23-16-9-5-13(19)6-10-16)18(21)20-14-7-11-15(12-8-14)22-4-2/h5-12,17H,3-4H2,1-2H3,(H,20,21). The van der Waals surface area contributed by atoms with Crippen LogP contribution >= 0.6 is 11.6 Å². The van der Waals surface area contributed by atoms with E-state index in [-0.39, 0.29) is 5.91 Å². The molecular formula is C18H20ClNO3. The summed E-state index contributed by atoms with van der Waals surface area (Å²) in [6.07, 6.45) is -0.00590. The van der Waals surface area contributed by atoms with Crippen LogP contribution in [0.5, 0.6) is 11.5 Å². The summed E-state index contributed by atoms with van der Waals surface area (Å²) in [7, 11) is 0. The maximum atomic E-state index is 12.3. The number of benzene rings is 2. The summed E-state index contributed by atoms with van der Waals surface area (Å²) in [6, 6.07) is 14.2. The lowest BCUT2D eigenvalue weighted by molar-refractivity contribution is -0.122. The smallest absolute Gasteiger partial charge is 0.265 e. The molecule has 0 saturated carbocycles. The highest BCUT2D eigenvalue weighted by molar-refractivity contribution is 6.30. The fourth-order valence-electron chi connectivity index (χ4n) is 2.02. The highest BCUT2D eigenvalue weighted by Crippen LogP contribution is 2.19. The summed E-state index contributed by atoms with van der Waals surface area (Å²) < 4.78 is 11.1. The fourth-order valence-corrected chi connectivity index (χ4v) is 2.15. The van der Waals surface area contributed by atoms with Gasteiger partial charge in [-0.25, -0.2) is 0 Å². The van der Waals surface area contributed by atoms with Crippen LogP contribution in [0.4, 0.5) is 5.69 Å². The first kappa shape index (κ1) is 17.2. The lowest BCUT2D eigenvalue weighted by Gasteiger charge is -2.17. The van der Waals surface area contributed by atoms with E-state index in [9.17, 15) is 4.79 Å². The molecule has 0 radical (unpaired) electrons. The molecule has 1 atom stereocenters. The molecule has 0 aromatic heterocycles. The second-order valence-electron chi connectivity index (χ2n) is 4.92. The summed E-state index contributed by atoms with van der Waals surface area (Å²) in [5, 5.41) is 3.48. The van der Waals surface area contributed by atoms with Crippen molar-refractivity contribution in [2.75, 3.05) is 11.9 Å². The number of ether oxygens (including phenoxy) is 2. The van der Waals surface area contributed by atoms with E-state index in [1.165, 1.54) is 0 Å². The van der Waals surface area contributed by atoms with Gasteiger partial charge in [0, 0.05) is 10.7 Å². The van der Waals surface area contributed by atoms with E-state index in [4.69, 9.17) is 21.1 Å². The van der Waals surface area contributed by atoms with Gasteiger partial charge in [-0.15, -0.1) is 0 Å². The fraction of sp³-hybridized carbons (Fsp3) is 0.278. The number of hydrogen-bond donors (Lipinski definition) is 1. The van der Waals surface area contributed by atoms with Crippen LogP contribution in [0, 0.1) is 0 Å². The third-order valence-corrected chi connectivity index (χ3v) is 3.44. The first-order valence-electron chi connectivity index (χ1n) is 7.58. The van der Waals surface area contributed by atoms with Gasteiger partial charge in [0.1, 0.15) is 11.5 Å². The number of nitrogens with one attached hydrogen (secondary N) is 1. The molecule has 0 aliphatic rings. The van der Waals surface area contributed by atoms with Crippen molar-refractivity contribution in [1.82, 2.24) is 0 Å². The van der Waals surface area contributed by atoms with E-state index in [1.807, 2.05) is 26.0 Å². The van der Waals surface area contributed by atoms with Gasteiger partial charge >= 0.3 is 0 Å². The SMILES string of the molecule is CCOc1ccc(NC(=O)C(CC)Oc2ccc(Cl)cc2)cc1. The maximum Gasteiger partial charge on any atom is 0.265 e. The zero-order valence-corrected chi connectivity index (χ0v) is 14.0. The van der Waals surface area contributed by atoms with Crippen molar-refractivity contribution in [1.29, 1.82) is 0 Å². The summed E-state index contributed by atoms with van der Waals surface area (Å²) >= 11 is 5.84. The van der Waals surface area contributed by atoms with Crippen LogP contribution in [-0.2, 0) is 4.79 Å². The second-order valence-corrected chi connectivity index (χ2v) is 5.35. The Morgan fingerprint density at radius 2 is 1.65 bits per heavy atom. The van der Waals surface area contributed by atoms with Gasteiger partial charge in [0.05, 0.1) is 6.61 Å². The molecule has 4 nitrogen and oxygen atoms in total. The predicted molar refractivity (Wildman–Crippen MR) is 92.4 cm³/mol. The minimum Gasteiger partial charge on any atom is -0.494 e. The molecule has 2 aromatic carbocycles. The normalized spacial score (nSPS) is 11.6. The van der Waals surface area contributed by atoms with Crippen LogP contribution in [0.25, 0.3) is 0 Å². The Morgan fingerprint density at radius 1 is 1.04 bits per heavy atom. The van der Waals surface area contributed by atoms with Gasteiger partial charge in [-0.3, -0.25) is 4.79 Å². The number of carbonyl (C=O) groups excluding carboxylic acids is 1. The van der Waals surface area contributed by atoms with Crippen molar-refractivity contribution < 1.29 is 14.3 Å². The Bertz CT molecular complexity index is 626. The zero-order chi connectivity index (χ0) is 16.7. The molecular weight excluding hydrogens is 314 g/mol. The number of anilines is 1. The molecule has 2 aromatic rings. The van der Waals surface area contributed by atoms with Crippen molar-refractivity contribution >= 4 is 23.2 Å². The third kappa shape index (κ3) is 5.18. The van der Waals surface area contributed by atoms with Crippen LogP contribution in [0.15, 0.2) is 48.5 Å². The maximum absolute atomic E-state index is 12.3. The second kappa shape index (κ2) is 8.44. The topological polar surface area (TPSA) is 47.6 Å². The molecule has 0 fully saturated rings. The number of halogens is 1. The van der Waals surface area contributed by atoms with Gasteiger partial charge in [-0.1, -0.05) is 18.5 Å². The third-order valence-electron chi connectivity index (χ3n) is 3.19. The molecule has 0 spiro atoms. The first-order chi connectivity index (χ1) is 11.1. The van der Waals surface area contributed by atoms with Crippen molar-refractivity contribution in [2.45, 2.75) is 26.4 Å². The van der Waals surface area contributed by atoms with Gasteiger partial charge in [0.15, 0.2) is 6.10 Å². The lowest BCUT2D eigenvalue weighted by atomic mass is 10.2. The summed E-state index contributed by atoms with van der Waals surface area (Å²) in [5.41, 5.74) is 0.705. The van der Waals surface area contributed by atoms with E-state index in [0.717, 1.165) is 5.75 Å². The Kier molecular flexibility index (Phi) is 6.29. The van der Waals surface area contributed by atoms with E-state index in [2.05, 4.69) is 5.32 Å². The van der Waals surface area contributed by atoms with E-state index in [0.29, 0.717) is 29.5 Å². The molecule has 1 amide bonds. The molecule has 0 aliphatic carbocycles. The number of hydrogen-bond acceptors (Lipinski definition) is 3. The van der Waals surface area contributed by atoms with Crippen LogP contribution in [-0.4, -0.2) is 18.6 Å². The molecule has 23 heavy (non-hydrogen) atoms. The highest BCUT2D eigenvalue weighted by Gasteiger charge is 2.18. The highest BCUT2D eigenvalue weighted by atomic mass is 35.5. The summed E-state index contributed by atoms with van der Waals surface area (Å²) in [6.45, 7) is 4.44. The van der Waals surface area contributed by atoms with Crippen molar-refractivity contribution in [2.24, 2.45) is 0 Å². The minimum absolute atomic E-state index is 0.188. The van der Waals surface area contributed by atoms with Gasteiger partial charge in [0.25, 0.3) is 5.91 Å². The Morgan fingerprint density at radius 3 is 2.22 bits per heavy atom. The summed E-state index contributed by atoms with van der Waals surface area (Å²) in [4.78, 5) is 12.3. The van der Waals surface area contributed by atoms with Crippen LogP contribution in [0.3, 0.4) is 0 Å². The quantitative estimate of drug-likeness (QED) is 0.809. The lowest BCUT2D eigenvalue weighted by Crippen LogP contribution is -2.32. The molecule has 0 aliphatic heterocycles. The first-order valence-corrected chi connectivity index (χ1v) is 7.96. The van der Waals surface area contributed by atoms with Gasteiger partial charge in [0.2, 0.25) is 0 Å². The predicted octanol–water partition coefficient (Wildman–Crippen LogP) is 4.53. The Balaban J connectivity index is 1.97. The zero-order valence-electron chi connectivity index (χ0n) is 13.2. The number of rotatable bonds is 7. The van der Waals surface area contributed by atoms with Crippen molar-refractivity contribution in [3.05, 3.63) is 53.6 Å². The monoisotopic (exact) mass is 333 g/mol. The van der Waals surface area contributed by atoms with Crippen LogP contribution in [0.2, 0.25) is 5.02 Å². The molecule has 0 saturated heterocycles. The Labute approximate surface area is 141 Å². The van der Waals surface area contributed by atoms with E-state index in [1.54, 1.807) is 36.4 Å². The van der Waals surface area contributed by atoms with Gasteiger partial charge in [-0.2, -0.15) is 0 Å². The van der Waals surface area contributed by atoms with Gasteiger partial charge in [-0.05, 0) is 61.9 Å². The number of amides is 1. The van der Waals surface area contributed by atoms with Crippen LogP contribution in [0.1, 0.15) is 20.3 Å². The Hall–Kier alpha value is -2.20. The molecule has 0 bridgehead atoms. The molecule has 5 heteroatoms. The average Bonchev–Trinajstić information content (AvgIpc) is 2.56. The summed E-state index contributed by atoms with van der Waals surface area (Å²) in [5.74, 6) is 1.20. The van der Waals surface area contributed by atoms with Gasteiger partial charge < -0.3 is 14.8 Å². The number of carbonyl (C=O) groups is 1.